The van der Waals surface area contributed by atoms with Crippen molar-refractivity contribution in [1.29, 1.82) is 0 Å². The molecule has 3 radical (unpaired) electrons. The second-order valence-electron chi connectivity index (χ2n) is 4.54. The summed E-state index contributed by atoms with van der Waals surface area (Å²) < 4.78 is 11.2. The number of hydrogen-bond donors (Lipinski definition) is 0. The molecule has 2 heteroatoms. The second-order valence-corrected chi connectivity index (χ2v) is 4.54. The zero-order valence-corrected chi connectivity index (χ0v) is 11.8. The highest BCUT2D eigenvalue weighted by atomic mass is 16.5. The Bertz CT molecular complexity index is 238. The molecule has 0 amide bonds. The third kappa shape index (κ3) is 6.73. The summed E-state index contributed by atoms with van der Waals surface area (Å²) >= 11 is 0. The van der Waals surface area contributed by atoms with Crippen molar-refractivity contribution in [2.45, 2.75) is 58.8 Å². The molecule has 1 rings (SSSR count). The van der Waals surface area contributed by atoms with Gasteiger partial charge in [0, 0.05) is 12.5 Å². The van der Waals surface area contributed by atoms with E-state index >= 15 is 0 Å². The van der Waals surface area contributed by atoms with Gasteiger partial charge in [-0.3, -0.25) is 0 Å². The molecule has 0 aromatic carbocycles. The molecule has 0 bridgehead atoms. The maximum atomic E-state index is 5.62. The summed E-state index contributed by atoms with van der Waals surface area (Å²) in [7, 11) is 0. The predicted molar refractivity (Wildman–Crippen MR) is 73.7 cm³/mol. The van der Waals surface area contributed by atoms with E-state index in [-0.39, 0.29) is 0 Å². The Morgan fingerprint density at radius 1 is 1.00 bits per heavy atom. The van der Waals surface area contributed by atoms with Gasteiger partial charge in [-0.15, -0.1) is 0 Å². The molecule has 18 heavy (non-hydrogen) atoms. The SMILES string of the molecule is CCCCCOC1=[C]C=C(OCCCCC)[C]C1. The molecule has 0 aliphatic heterocycles. The van der Waals surface area contributed by atoms with Gasteiger partial charge in [0.1, 0.15) is 11.5 Å². The van der Waals surface area contributed by atoms with Gasteiger partial charge in [-0.05, 0) is 18.9 Å². The van der Waals surface area contributed by atoms with Crippen LogP contribution in [0.1, 0.15) is 58.8 Å². The standard InChI is InChI=1S/C16H25O2/c1-3-5-7-13-17-15-9-11-16(12-10-15)18-14-8-6-4-2/h9H,3-8,12-14H2,1-2H3. The molecule has 0 saturated heterocycles. The van der Waals surface area contributed by atoms with Gasteiger partial charge in [0.05, 0.1) is 19.6 Å². The molecule has 0 N–H and O–H groups in total. The first-order chi connectivity index (χ1) is 8.86. The number of rotatable bonds is 10. The fraction of sp³-hybridized carbons (Fsp3) is 0.688. The topological polar surface area (TPSA) is 18.5 Å². The van der Waals surface area contributed by atoms with E-state index in [1.165, 1.54) is 25.7 Å². The fourth-order valence-electron chi connectivity index (χ4n) is 1.68. The first-order valence-electron chi connectivity index (χ1n) is 7.18. The minimum Gasteiger partial charge on any atom is -0.497 e. The normalized spacial score (nSPS) is 15.0. The van der Waals surface area contributed by atoms with Gasteiger partial charge in [-0.2, -0.15) is 0 Å². The molecule has 0 unspecified atom stereocenters. The third-order valence-corrected chi connectivity index (χ3v) is 2.82. The second kappa shape index (κ2) is 10.0. The van der Waals surface area contributed by atoms with Crippen LogP contribution in [0.25, 0.3) is 0 Å². The zero-order chi connectivity index (χ0) is 13.1. The molecule has 1 aliphatic rings. The van der Waals surface area contributed by atoms with E-state index in [0.717, 1.165) is 37.6 Å². The van der Waals surface area contributed by atoms with Crippen molar-refractivity contribution in [3.05, 3.63) is 30.1 Å². The number of allylic oxidation sites excluding steroid dienone is 4. The van der Waals surface area contributed by atoms with E-state index in [1.807, 2.05) is 6.08 Å². The van der Waals surface area contributed by atoms with Crippen LogP contribution in [0.3, 0.4) is 0 Å². The van der Waals surface area contributed by atoms with Crippen molar-refractivity contribution in [2.24, 2.45) is 0 Å². The lowest BCUT2D eigenvalue weighted by Crippen LogP contribution is -2.03. The summed E-state index contributed by atoms with van der Waals surface area (Å²) in [6, 6.07) is 0. The molecule has 0 saturated carbocycles. The van der Waals surface area contributed by atoms with E-state index in [9.17, 15) is 0 Å². The molecule has 0 atom stereocenters. The van der Waals surface area contributed by atoms with Crippen LogP contribution in [0.15, 0.2) is 17.6 Å². The largest absolute Gasteiger partial charge is 0.497 e. The van der Waals surface area contributed by atoms with Gasteiger partial charge in [0.15, 0.2) is 0 Å². The van der Waals surface area contributed by atoms with E-state index in [0.29, 0.717) is 6.42 Å². The molecule has 0 aromatic heterocycles. The monoisotopic (exact) mass is 249 g/mol. The smallest absolute Gasteiger partial charge is 0.105 e. The molecule has 2 nitrogen and oxygen atoms in total. The summed E-state index contributed by atoms with van der Waals surface area (Å²) in [5, 5.41) is 0. The first-order valence-corrected chi connectivity index (χ1v) is 7.18. The molecule has 0 spiro atoms. The van der Waals surface area contributed by atoms with E-state index in [4.69, 9.17) is 9.47 Å². The van der Waals surface area contributed by atoms with Crippen LogP contribution in [0.2, 0.25) is 0 Å². The Morgan fingerprint density at radius 3 is 2.22 bits per heavy atom. The minimum absolute atomic E-state index is 0.686. The van der Waals surface area contributed by atoms with Gasteiger partial charge in [-0.1, -0.05) is 39.5 Å². The molecular weight excluding hydrogens is 224 g/mol. The fourth-order valence-corrected chi connectivity index (χ4v) is 1.68. The van der Waals surface area contributed by atoms with E-state index < -0.39 is 0 Å². The number of hydrogen-bond acceptors (Lipinski definition) is 2. The molecule has 0 fully saturated rings. The van der Waals surface area contributed by atoms with Gasteiger partial charge < -0.3 is 9.47 Å². The predicted octanol–water partition coefficient (Wildman–Crippen LogP) is 4.46. The Hall–Kier alpha value is -0.920. The maximum absolute atomic E-state index is 5.62. The number of ether oxygens (including phenoxy) is 2. The van der Waals surface area contributed by atoms with Crippen LogP contribution in [-0.4, -0.2) is 13.2 Å². The molecular formula is C16H25O2. The lowest BCUT2D eigenvalue weighted by Gasteiger charge is -2.15. The first kappa shape index (κ1) is 15.1. The highest BCUT2D eigenvalue weighted by Gasteiger charge is 2.09. The van der Waals surface area contributed by atoms with Gasteiger partial charge in [-0.25, -0.2) is 0 Å². The van der Waals surface area contributed by atoms with Crippen LogP contribution in [0.5, 0.6) is 0 Å². The molecule has 0 aromatic rings. The van der Waals surface area contributed by atoms with Gasteiger partial charge >= 0.3 is 0 Å². The van der Waals surface area contributed by atoms with Gasteiger partial charge in [0.2, 0.25) is 0 Å². The minimum atomic E-state index is 0.686. The molecule has 1 aliphatic carbocycles. The Kier molecular flexibility index (Phi) is 8.45. The van der Waals surface area contributed by atoms with Crippen molar-refractivity contribution < 1.29 is 9.47 Å². The molecule has 0 heterocycles. The average Bonchev–Trinajstić information content (AvgIpc) is 2.41. The van der Waals surface area contributed by atoms with Crippen LogP contribution in [-0.2, 0) is 9.47 Å². The lowest BCUT2D eigenvalue weighted by molar-refractivity contribution is 0.184. The quantitative estimate of drug-likeness (QED) is 0.532. The third-order valence-electron chi connectivity index (χ3n) is 2.82. The van der Waals surface area contributed by atoms with Crippen molar-refractivity contribution >= 4 is 0 Å². The summed E-state index contributed by atoms with van der Waals surface area (Å²) in [5.41, 5.74) is 0. The Morgan fingerprint density at radius 2 is 1.67 bits per heavy atom. The summed E-state index contributed by atoms with van der Waals surface area (Å²) in [5.74, 6) is 1.69. The van der Waals surface area contributed by atoms with E-state index in [1.54, 1.807) is 0 Å². The number of unbranched alkanes of at least 4 members (excludes halogenated alkanes) is 4. The highest BCUT2D eigenvalue weighted by molar-refractivity contribution is 5.20. The lowest BCUT2D eigenvalue weighted by atomic mass is 10.1. The molecule has 101 valence electrons. The van der Waals surface area contributed by atoms with Crippen molar-refractivity contribution in [3.63, 3.8) is 0 Å². The van der Waals surface area contributed by atoms with Crippen LogP contribution >= 0.6 is 0 Å². The summed E-state index contributed by atoms with van der Waals surface area (Å²) in [6.07, 6.45) is 16.0. The van der Waals surface area contributed by atoms with Crippen molar-refractivity contribution in [2.75, 3.05) is 13.2 Å². The van der Waals surface area contributed by atoms with Crippen molar-refractivity contribution in [1.82, 2.24) is 0 Å². The van der Waals surface area contributed by atoms with Crippen molar-refractivity contribution in [3.8, 4) is 0 Å². The van der Waals surface area contributed by atoms with Crippen LogP contribution in [0, 0.1) is 12.5 Å². The summed E-state index contributed by atoms with van der Waals surface area (Å²) in [4.78, 5) is 0. The van der Waals surface area contributed by atoms with Crippen LogP contribution < -0.4 is 0 Å². The Labute approximate surface area is 112 Å². The Balaban J connectivity index is 2.14. The van der Waals surface area contributed by atoms with E-state index in [2.05, 4.69) is 26.3 Å². The average molecular weight is 249 g/mol. The van der Waals surface area contributed by atoms with Gasteiger partial charge in [0.25, 0.3) is 0 Å². The summed E-state index contributed by atoms with van der Waals surface area (Å²) in [6.45, 7) is 5.95. The van der Waals surface area contributed by atoms with Crippen LogP contribution in [0.4, 0.5) is 0 Å². The highest BCUT2D eigenvalue weighted by Crippen LogP contribution is 2.19. The maximum Gasteiger partial charge on any atom is 0.105 e. The zero-order valence-electron chi connectivity index (χ0n) is 11.8.